The smallest absolute Gasteiger partial charge is 0.263 e. The molecule has 1 aliphatic rings. The van der Waals surface area contributed by atoms with Crippen molar-refractivity contribution in [3.8, 4) is 0 Å². The molecule has 1 amide bonds. The maximum Gasteiger partial charge on any atom is 0.263 e. The molecule has 0 bridgehead atoms. The van der Waals surface area contributed by atoms with Crippen LogP contribution in [0.15, 0.2) is 29.2 Å². The first-order valence-electron chi connectivity index (χ1n) is 7.51. The average molecular weight is 367 g/mol. The molecular weight excluding hydrogens is 351 g/mol. The topological polar surface area (TPSA) is 92.1 Å². The SMILES string of the molecule is NC1CCN(C(=O)c2cnc(Cc3c(Cl)cccc3Cl)[nH]c2=O)C1. The van der Waals surface area contributed by atoms with Gasteiger partial charge >= 0.3 is 0 Å². The number of amides is 1. The number of nitrogens with two attached hydrogens (primary N) is 1. The van der Waals surface area contributed by atoms with Crippen LogP contribution in [0.25, 0.3) is 0 Å². The van der Waals surface area contributed by atoms with E-state index in [4.69, 9.17) is 28.9 Å². The number of nitrogens with one attached hydrogen (secondary N) is 1. The molecule has 24 heavy (non-hydrogen) atoms. The van der Waals surface area contributed by atoms with E-state index >= 15 is 0 Å². The van der Waals surface area contributed by atoms with Crippen LogP contribution >= 0.6 is 23.2 Å². The van der Waals surface area contributed by atoms with Gasteiger partial charge in [-0.15, -0.1) is 0 Å². The number of benzene rings is 1. The van der Waals surface area contributed by atoms with Crippen LogP contribution in [0.5, 0.6) is 0 Å². The van der Waals surface area contributed by atoms with E-state index < -0.39 is 5.56 Å². The molecule has 2 aromatic rings. The van der Waals surface area contributed by atoms with Gasteiger partial charge in [0.1, 0.15) is 11.4 Å². The normalized spacial score (nSPS) is 17.3. The van der Waals surface area contributed by atoms with E-state index in [1.54, 1.807) is 23.1 Å². The molecule has 1 atom stereocenters. The van der Waals surface area contributed by atoms with Crippen molar-refractivity contribution in [2.24, 2.45) is 5.73 Å². The first kappa shape index (κ1) is 17.0. The van der Waals surface area contributed by atoms with Gasteiger partial charge in [0, 0.05) is 41.8 Å². The minimum absolute atomic E-state index is 0.0121. The lowest BCUT2D eigenvalue weighted by Crippen LogP contribution is -2.35. The van der Waals surface area contributed by atoms with Crippen molar-refractivity contribution in [1.29, 1.82) is 0 Å². The van der Waals surface area contributed by atoms with Crippen LogP contribution in [0.2, 0.25) is 10.0 Å². The zero-order valence-corrected chi connectivity index (χ0v) is 14.3. The molecule has 8 heteroatoms. The summed E-state index contributed by atoms with van der Waals surface area (Å²) in [5.74, 6) is 0.0451. The average Bonchev–Trinajstić information content (AvgIpc) is 2.97. The monoisotopic (exact) mass is 366 g/mol. The molecule has 1 aliphatic heterocycles. The first-order chi connectivity index (χ1) is 11.5. The summed E-state index contributed by atoms with van der Waals surface area (Å²) in [6.45, 7) is 1.01. The minimum Gasteiger partial charge on any atom is -0.337 e. The molecule has 1 aromatic heterocycles. The van der Waals surface area contributed by atoms with Crippen molar-refractivity contribution < 1.29 is 4.79 Å². The maximum atomic E-state index is 12.4. The molecule has 3 rings (SSSR count). The third-order valence-electron chi connectivity index (χ3n) is 4.00. The summed E-state index contributed by atoms with van der Waals surface area (Å²) >= 11 is 12.2. The number of hydrogen-bond donors (Lipinski definition) is 2. The highest BCUT2D eigenvalue weighted by Gasteiger charge is 2.26. The number of H-pyrrole nitrogens is 1. The Morgan fingerprint density at radius 3 is 2.67 bits per heavy atom. The number of carbonyl (C=O) groups excluding carboxylic acids is 1. The Bertz CT molecular complexity index is 817. The van der Waals surface area contributed by atoms with Crippen LogP contribution in [0.1, 0.15) is 28.2 Å². The van der Waals surface area contributed by atoms with E-state index in [0.29, 0.717) is 34.5 Å². The number of likely N-dealkylation sites (tertiary alicyclic amines) is 1. The Labute approximate surface area is 148 Å². The summed E-state index contributed by atoms with van der Waals surface area (Å²) < 4.78 is 0. The van der Waals surface area contributed by atoms with Gasteiger partial charge in [-0.2, -0.15) is 0 Å². The highest BCUT2D eigenvalue weighted by atomic mass is 35.5. The van der Waals surface area contributed by atoms with Crippen LogP contribution in [0, 0.1) is 0 Å². The molecule has 0 saturated carbocycles. The summed E-state index contributed by atoms with van der Waals surface area (Å²) in [5.41, 5.74) is 6.01. The van der Waals surface area contributed by atoms with Gasteiger partial charge in [0.2, 0.25) is 0 Å². The molecule has 2 heterocycles. The fourth-order valence-corrected chi connectivity index (χ4v) is 3.22. The maximum absolute atomic E-state index is 12.4. The van der Waals surface area contributed by atoms with Gasteiger partial charge in [-0.25, -0.2) is 4.98 Å². The van der Waals surface area contributed by atoms with E-state index in [1.165, 1.54) is 6.20 Å². The van der Waals surface area contributed by atoms with Gasteiger partial charge in [-0.3, -0.25) is 9.59 Å². The van der Waals surface area contributed by atoms with E-state index in [0.717, 1.165) is 6.42 Å². The van der Waals surface area contributed by atoms with Gasteiger partial charge in [-0.05, 0) is 24.1 Å². The largest absolute Gasteiger partial charge is 0.337 e. The van der Waals surface area contributed by atoms with Gasteiger partial charge in [0.15, 0.2) is 0 Å². The summed E-state index contributed by atoms with van der Waals surface area (Å²) in [4.78, 5) is 33.0. The van der Waals surface area contributed by atoms with Crippen molar-refractivity contribution in [3.05, 3.63) is 61.7 Å². The second-order valence-electron chi connectivity index (χ2n) is 5.75. The van der Waals surface area contributed by atoms with E-state index in [9.17, 15) is 9.59 Å². The molecule has 6 nitrogen and oxygen atoms in total. The molecule has 0 spiro atoms. The van der Waals surface area contributed by atoms with Crippen LogP contribution in [-0.2, 0) is 6.42 Å². The predicted molar refractivity (Wildman–Crippen MR) is 92.6 cm³/mol. The molecule has 1 fully saturated rings. The molecule has 3 N–H and O–H groups in total. The Kier molecular flexibility index (Phi) is 4.89. The van der Waals surface area contributed by atoms with Gasteiger partial charge in [0.05, 0.1) is 0 Å². The molecule has 0 aliphatic carbocycles. The summed E-state index contributed by atoms with van der Waals surface area (Å²) in [7, 11) is 0. The van der Waals surface area contributed by atoms with Crippen molar-refractivity contribution in [1.82, 2.24) is 14.9 Å². The highest BCUT2D eigenvalue weighted by molar-refractivity contribution is 6.36. The number of aromatic amines is 1. The standard InChI is InChI=1S/C16H16Cl2N4O2/c17-12-2-1-3-13(18)10(12)6-14-20-7-11(15(23)21-14)16(24)22-5-4-9(19)8-22/h1-3,7,9H,4-6,8,19H2,(H,20,21,23). The van der Waals surface area contributed by atoms with E-state index in [1.807, 2.05) is 0 Å². The Hall–Kier alpha value is -1.89. The van der Waals surface area contributed by atoms with Gasteiger partial charge in [0.25, 0.3) is 11.5 Å². The molecule has 126 valence electrons. The van der Waals surface area contributed by atoms with Crippen LogP contribution in [-0.4, -0.2) is 39.9 Å². The summed E-state index contributed by atoms with van der Waals surface area (Å²) in [6.07, 6.45) is 2.31. The molecular formula is C16H16Cl2N4O2. The number of nitrogens with zero attached hydrogens (tertiary/aromatic N) is 2. The Morgan fingerprint density at radius 1 is 1.38 bits per heavy atom. The number of aromatic nitrogens is 2. The number of halogens is 2. The lowest BCUT2D eigenvalue weighted by Gasteiger charge is -2.15. The lowest BCUT2D eigenvalue weighted by molar-refractivity contribution is 0.0788. The summed E-state index contributed by atoms with van der Waals surface area (Å²) in [6, 6.07) is 5.14. The van der Waals surface area contributed by atoms with Crippen molar-refractivity contribution in [2.75, 3.05) is 13.1 Å². The van der Waals surface area contributed by atoms with Crippen molar-refractivity contribution in [2.45, 2.75) is 18.9 Å². The zero-order valence-electron chi connectivity index (χ0n) is 12.8. The van der Waals surface area contributed by atoms with Crippen LogP contribution in [0.4, 0.5) is 0 Å². The molecule has 1 saturated heterocycles. The van der Waals surface area contributed by atoms with Gasteiger partial charge in [-0.1, -0.05) is 29.3 Å². The lowest BCUT2D eigenvalue weighted by atomic mass is 10.1. The quantitative estimate of drug-likeness (QED) is 0.866. The van der Waals surface area contributed by atoms with Crippen molar-refractivity contribution >= 4 is 29.1 Å². The fourth-order valence-electron chi connectivity index (χ4n) is 2.68. The Balaban J connectivity index is 1.83. The minimum atomic E-state index is -0.478. The third kappa shape index (κ3) is 3.45. The van der Waals surface area contributed by atoms with Crippen LogP contribution < -0.4 is 11.3 Å². The highest BCUT2D eigenvalue weighted by Crippen LogP contribution is 2.25. The second-order valence-corrected chi connectivity index (χ2v) is 6.56. The third-order valence-corrected chi connectivity index (χ3v) is 4.71. The predicted octanol–water partition coefficient (Wildman–Crippen LogP) is 1.84. The zero-order chi connectivity index (χ0) is 17.3. The Morgan fingerprint density at radius 2 is 2.08 bits per heavy atom. The fraction of sp³-hybridized carbons (Fsp3) is 0.312. The molecule has 1 unspecified atom stereocenters. The number of carbonyl (C=O) groups is 1. The molecule has 1 aromatic carbocycles. The number of rotatable bonds is 3. The van der Waals surface area contributed by atoms with E-state index in [2.05, 4.69) is 9.97 Å². The first-order valence-corrected chi connectivity index (χ1v) is 8.27. The van der Waals surface area contributed by atoms with E-state index in [-0.39, 0.29) is 23.9 Å². The second kappa shape index (κ2) is 6.93. The van der Waals surface area contributed by atoms with Crippen LogP contribution in [0.3, 0.4) is 0 Å². The summed E-state index contributed by atoms with van der Waals surface area (Å²) in [5, 5.41) is 0.993. The van der Waals surface area contributed by atoms with Gasteiger partial charge < -0.3 is 15.6 Å². The van der Waals surface area contributed by atoms with Crippen molar-refractivity contribution in [3.63, 3.8) is 0 Å². The number of hydrogen-bond acceptors (Lipinski definition) is 4. The molecule has 0 radical (unpaired) electrons.